The lowest BCUT2D eigenvalue weighted by Crippen LogP contribution is -2.26. The van der Waals surface area contributed by atoms with Gasteiger partial charge in [-0.25, -0.2) is 9.97 Å². The molecule has 0 spiro atoms. The zero-order valence-electron chi connectivity index (χ0n) is 12.5. The molecule has 0 saturated carbocycles. The van der Waals surface area contributed by atoms with E-state index in [0.717, 1.165) is 41.9 Å². The molecule has 6 nitrogen and oxygen atoms in total. The molecule has 118 valence electrons. The van der Waals surface area contributed by atoms with E-state index in [2.05, 4.69) is 47.0 Å². The number of piperidine rings is 1. The van der Waals surface area contributed by atoms with Crippen molar-refractivity contribution in [3.8, 4) is 5.82 Å². The maximum atomic E-state index is 5.75. The minimum Gasteiger partial charge on any atom is -0.368 e. The molecule has 0 unspecified atom stereocenters. The van der Waals surface area contributed by atoms with Crippen LogP contribution < -0.4 is 11.1 Å². The first kappa shape index (κ1) is 14.6. The molecule has 0 amide bonds. The van der Waals surface area contributed by atoms with Crippen molar-refractivity contribution in [3.05, 3.63) is 40.9 Å². The topological polar surface area (TPSA) is 81.6 Å². The molecule has 1 saturated heterocycles. The number of hydrogen-bond acceptors (Lipinski definition) is 5. The molecule has 0 aliphatic carbocycles. The van der Waals surface area contributed by atoms with Gasteiger partial charge in [0, 0.05) is 24.0 Å². The van der Waals surface area contributed by atoms with E-state index in [9.17, 15) is 0 Å². The van der Waals surface area contributed by atoms with Gasteiger partial charge in [-0.05, 0) is 65.5 Å². The summed E-state index contributed by atoms with van der Waals surface area (Å²) in [7, 11) is 0. The highest BCUT2D eigenvalue weighted by Crippen LogP contribution is 2.34. The second kappa shape index (κ2) is 5.90. The van der Waals surface area contributed by atoms with Crippen molar-refractivity contribution in [3.63, 3.8) is 0 Å². The fourth-order valence-electron chi connectivity index (χ4n) is 3.27. The third kappa shape index (κ3) is 2.70. The van der Waals surface area contributed by atoms with Crippen molar-refractivity contribution >= 4 is 32.8 Å². The molecule has 1 fully saturated rings. The molecule has 0 radical (unpaired) electrons. The van der Waals surface area contributed by atoms with E-state index in [0.29, 0.717) is 5.92 Å². The van der Waals surface area contributed by atoms with Crippen LogP contribution in [0, 0.1) is 0 Å². The largest absolute Gasteiger partial charge is 0.368 e. The van der Waals surface area contributed by atoms with Gasteiger partial charge in [0.1, 0.15) is 10.4 Å². The molecule has 3 N–H and O–H groups in total. The molecule has 0 bridgehead atoms. The summed E-state index contributed by atoms with van der Waals surface area (Å²) in [6.07, 6.45) is 8.08. The van der Waals surface area contributed by atoms with Crippen molar-refractivity contribution < 1.29 is 0 Å². The Bertz CT molecular complexity index is 853. The average molecular weight is 373 g/mol. The summed E-state index contributed by atoms with van der Waals surface area (Å²) >= 11 is 3.47. The number of anilines is 1. The second-order valence-electron chi connectivity index (χ2n) is 5.78. The molecule has 0 aromatic carbocycles. The summed E-state index contributed by atoms with van der Waals surface area (Å²) in [5.74, 6) is 1.60. The first-order valence-electron chi connectivity index (χ1n) is 7.68. The van der Waals surface area contributed by atoms with Crippen LogP contribution in [0.4, 0.5) is 5.95 Å². The summed E-state index contributed by atoms with van der Waals surface area (Å²) in [5.41, 5.74) is 8.17. The maximum absolute atomic E-state index is 5.75. The molecule has 7 heteroatoms. The Morgan fingerprint density at radius 2 is 2.09 bits per heavy atom. The summed E-state index contributed by atoms with van der Waals surface area (Å²) < 4.78 is 2.89. The molecule has 4 heterocycles. The molecule has 1 aliphatic rings. The monoisotopic (exact) mass is 372 g/mol. The van der Waals surface area contributed by atoms with Crippen LogP contribution in [0.2, 0.25) is 0 Å². The van der Waals surface area contributed by atoms with Crippen LogP contribution in [0.3, 0.4) is 0 Å². The lowest BCUT2D eigenvalue weighted by Gasteiger charge is -2.22. The fraction of sp³-hybridized carbons (Fsp3) is 0.312. The van der Waals surface area contributed by atoms with Gasteiger partial charge in [0.05, 0.1) is 5.52 Å². The number of aromatic nitrogens is 4. The van der Waals surface area contributed by atoms with Gasteiger partial charge in [-0.2, -0.15) is 4.98 Å². The standard InChI is InChI=1S/C16H17BrN6/c17-14-7-13-11(8-21-14)12(10-1-4-19-5-2-10)9-23(13)15-3-6-20-16(18)22-15/h3,6-10,19H,1-2,4-5H2,(H2,18,20,22). The summed E-state index contributed by atoms with van der Waals surface area (Å²) in [5, 5.41) is 4.60. The van der Waals surface area contributed by atoms with Crippen LogP contribution in [-0.4, -0.2) is 32.6 Å². The Kier molecular flexibility index (Phi) is 3.74. The van der Waals surface area contributed by atoms with Crippen LogP contribution in [0.1, 0.15) is 24.3 Å². The van der Waals surface area contributed by atoms with Gasteiger partial charge in [-0.1, -0.05) is 0 Å². The number of pyridine rings is 1. The zero-order chi connectivity index (χ0) is 15.8. The molecular formula is C16H17BrN6. The summed E-state index contributed by atoms with van der Waals surface area (Å²) in [6, 6.07) is 3.90. The number of nitrogens with zero attached hydrogens (tertiary/aromatic N) is 4. The molecule has 3 aromatic heterocycles. The Morgan fingerprint density at radius 1 is 1.26 bits per heavy atom. The van der Waals surface area contributed by atoms with Gasteiger partial charge in [0.2, 0.25) is 5.95 Å². The van der Waals surface area contributed by atoms with E-state index >= 15 is 0 Å². The minimum atomic E-state index is 0.279. The van der Waals surface area contributed by atoms with Gasteiger partial charge in [-0.3, -0.25) is 0 Å². The Morgan fingerprint density at radius 3 is 2.87 bits per heavy atom. The van der Waals surface area contributed by atoms with Crippen molar-refractivity contribution in [1.82, 2.24) is 24.8 Å². The molecule has 3 aromatic rings. The predicted molar refractivity (Wildman–Crippen MR) is 93.6 cm³/mol. The number of hydrogen-bond donors (Lipinski definition) is 2. The lowest BCUT2D eigenvalue weighted by molar-refractivity contribution is 0.462. The maximum Gasteiger partial charge on any atom is 0.221 e. The second-order valence-corrected chi connectivity index (χ2v) is 6.59. The van der Waals surface area contributed by atoms with Crippen LogP contribution in [-0.2, 0) is 0 Å². The lowest BCUT2D eigenvalue weighted by atomic mass is 9.90. The third-order valence-electron chi connectivity index (χ3n) is 4.37. The van der Waals surface area contributed by atoms with Gasteiger partial charge >= 0.3 is 0 Å². The quantitative estimate of drug-likeness (QED) is 0.675. The third-order valence-corrected chi connectivity index (χ3v) is 4.81. The van der Waals surface area contributed by atoms with Crippen LogP contribution in [0.25, 0.3) is 16.7 Å². The Labute approximate surface area is 142 Å². The molecule has 4 rings (SSSR count). The smallest absolute Gasteiger partial charge is 0.221 e. The predicted octanol–water partition coefficient (Wildman–Crippen LogP) is 2.63. The van der Waals surface area contributed by atoms with E-state index in [1.54, 1.807) is 6.20 Å². The highest BCUT2D eigenvalue weighted by Gasteiger charge is 2.21. The Hall–Kier alpha value is -1.99. The fourth-order valence-corrected chi connectivity index (χ4v) is 3.59. The summed E-state index contributed by atoms with van der Waals surface area (Å²) in [4.78, 5) is 12.8. The van der Waals surface area contributed by atoms with Crippen LogP contribution in [0.15, 0.2) is 35.3 Å². The van der Waals surface area contributed by atoms with Crippen molar-refractivity contribution in [2.24, 2.45) is 0 Å². The van der Waals surface area contributed by atoms with Crippen LogP contribution in [0.5, 0.6) is 0 Å². The van der Waals surface area contributed by atoms with Crippen molar-refractivity contribution in [1.29, 1.82) is 0 Å². The number of nitrogens with two attached hydrogens (primary N) is 1. The molecule has 1 aliphatic heterocycles. The zero-order valence-corrected chi connectivity index (χ0v) is 14.1. The van der Waals surface area contributed by atoms with Gasteiger partial charge in [-0.15, -0.1) is 0 Å². The van der Waals surface area contributed by atoms with Gasteiger partial charge < -0.3 is 15.6 Å². The van der Waals surface area contributed by atoms with Crippen LogP contribution >= 0.6 is 15.9 Å². The van der Waals surface area contributed by atoms with E-state index < -0.39 is 0 Å². The van der Waals surface area contributed by atoms with Gasteiger partial charge in [0.25, 0.3) is 0 Å². The van der Waals surface area contributed by atoms with E-state index in [-0.39, 0.29) is 5.95 Å². The van der Waals surface area contributed by atoms with E-state index in [4.69, 9.17) is 5.73 Å². The van der Waals surface area contributed by atoms with E-state index in [1.807, 2.05) is 18.3 Å². The highest BCUT2D eigenvalue weighted by atomic mass is 79.9. The number of nitrogens with one attached hydrogen (secondary N) is 1. The molecule has 23 heavy (non-hydrogen) atoms. The number of rotatable bonds is 2. The number of nitrogen functional groups attached to an aromatic ring is 1. The molecule has 0 atom stereocenters. The van der Waals surface area contributed by atoms with Crippen molar-refractivity contribution in [2.75, 3.05) is 18.8 Å². The van der Waals surface area contributed by atoms with Crippen molar-refractivity contribution in [2.45, 2.75) is 18.8 Å². The minimum absolute atomic E-state index is 0.279. The first-order valence-corrected chi connectivity index (χ1v) is 8.48. The number of halogens is 1. The Balaban J connectivity index is 1.91. The van der Waals surface area contributed by atoms with E-state index in [1.165, 1.54) is 10.9 Å². The number of fused-ring (bicyclic) bond motifs is 1. The highest BCUT2D eigenvalue weighted by molar-refractivity contribution is 9.10. The normalized spacial score (nSPS) is 16.0. The average Bonchev–Trinajstić information content (AvgIpc) is 2.94. The molecular weight excluding hydrogens is 356 g/mol. The SMILES string of the molecule is Nc1nccc(-n2cc(C3CCNCC3)c3cnc(Br)cc32)n1. The first-order chi connectivity index (χ1) is 11.2. The summed E-state index contributed by atoms with van der Waals surface area (Å²) in [6.45, 7) is 2.11. The van der Waals surface area contributed by atoms with Gasteiger partial charge in [0.15, 0.2) is 0 Å².